The van der Waals surface area contributed by atoms with Crippen LogP contribution < -0.4 is 10.2 Å². The molecule has 0 atom stereocenters. The van der Waals surface area contributed by atoms with Gasteiger partial charge in [-0.25, -0.2) is 0 Å². The summed E-state index contributed by atoms with van der Waals surface area (Å²) >= 11 is 3.58. The van der Waals surface area contributed by atoms with Crippen LogP contribution in [0.3, 0.4) is 0 Å². The summed E-state index contributed by atoms with van der Waals surface area (Å²) in [6, 6.07) is 6.22. The molecule has 0 saturated carbocycles. The van der Waals surface area contributed by atoms with E-state index in [0.717, 1.165) is 10.2 Å². The third-order valence-electron chi connectivity index (χ3n) is 3.14. The number of piperazine rings is 1. The van der Waals surface area contributed by atoms with E-state index in [2.05, 4.69) is 65.1 Å². The van der Waals surface area contributed by atoms with Crippen molar-refractivity contribution in [1.29, 1.82) is 0 Å². The van der Waals surface area contributed by atoms with Gasteiger partial charge in [0.25, 0.3) is 0 Å². The van der Waals surface area contributed by atoms with Crippen LogP contribution in [0, 0.1) is 6.92 Å². The first-order valence-electron chi connectivity index (χ1n) is 5.71. The quantitative estimate of drug-likeness (QED) is 0.863. The van der Waals surface area contributed by atoms with E-state index in [0.29, 0.717) is 13.1 Å². The summed E-state index contributed by atoms with van der Waals surface area (Å²) in [6.45, 7) is 7.42. The molecule has 1 amide bonds. The zero-order valence-electron chi connectivity index (χ0n) is 10.4. The predicted molar refractivity (Wildman–Crippen MR) is 73.3 cm³/mol. The lowest BCUT2D eigenvalue weighted by Gasteiger charge is -2.44. The first-order valence-corrected chi connectivity index (χ1v) is 6.50. The van der Waals surface area contributed by atoms with Crippen LogP contribution in [0.15, 0.2) is 22.7 Å². The summed E-state index contributed by atoms with van der Waals surface area (Å²) in [4.78, 5) is 13.7. The summed E-state index contributed by atoms with van der Waals surface area (Å²) < 4.78 is 1.04. The molecule has 0 aliphatic carbocycles. The molecule has 0 aromatic heterocycles. The van der Waals surface area contributed by atoms with E-state index in [1.807, 2.05) is 0 Å². The maximum atomic E-state index is 11.5. The lowest BCUT2D eigenvalue weighted by Crippen LogP contribution is -2.60. The number of nitrogens with zero attached hydrogens (tertiary/aromatic N) is 1. The number of amides is 1. The monoisotopic (exact) mass is 296 g/mol. The Labute approximate surface area is 110 Å². The van der Waals surface area contributed by atoms with Gasteiger partial charge in [-0.2, -0.15) is 0 Å². The molecule has 1 aromatic carbocycles. The van der Waals surface area contributed by atoms with E-state index in [9.17, 15) is 4.79 Å². The van der Waals surface area contributed by atoms with Crippen LogP contribution >= 0.6 is 15.9 Å². The minimum atomic E-state index is -0.0638. The molecule has 17 heavy (non-hydrogen) atoms. The Morgan fingerprint density at radius 1 is 1.41 bits per heavy atom. The second-order valence-electron chi connectivity index (χ2n) is 5.13. The molecule has 0 radical (unpaired) electrons. The first-order chi connectivity index (χ1) is 7.90. The van der Waals surface area contributed by atoms with Crippen molar-refractivity contribution in [3.63, 3.8) is 0 Å². The summed E-state index contributed by atoms with van der Waals surface area (Å²) in [5.74, 6) is 0.0804. The summed E-state index contributed by atoms with van der Waals surface area (Å²) in [5, 5.41) is 2.91. The van der Waals surface area contributed by atoms with Crippen molar-refractivity contribution in [3.8, 4) is 0 Å². The third-order valence-corrected chi connectivity index (χ3v) is 3.78. The maximum absolute atomic E-state index is 11.5. The Hall–Kier alpha value is -1.03. The predicted octanol–water partition coefficient (Wildman–Crippen LogP) is 2.47. The van der Waals surface area contributed by atoms with E-state index in [4.69, 9.17) is 0 Å². The Balaban J connectivity index is 2.39. The van der Waals surface area contributed by atoms with Gasteiger partial charge < -0.3 is 10.2 Å². The molecular formula is C13H17BrN2O. The SMILES string of the molecule is Cc1ccc(N2CC(=O)NCC2(C)C)c(Br)c1. The molecule has 1 fully saturated rings. The van der Waals surface area contributed by atoms with Gasteiger partial charge in [0.2, 0.25) is 5.91 Å². The van der Waals surface area contributed by atoms with Gasteiger partial charge in [-0.3, -0.25) is 4.79 Å². The molecule has 1 aromatic rings. The number of halogens is 1. The second-order valence-corrected chi connectivity index (χ2v) is 5.98. The number of hydrogen-bond acceptors (Lipinski definition) is 2. The fourth-order valence-corrected chi connectivity index (χ4v) is 2.77. The van der Waals surface area contributed by atoms with Crippen LogP contribution in [0.1, 0.15) is 19.4 Å². The Bertz CT molecular complexity index is 457. The van der Waals surface area contributed by atoms with Crippen LogP contribution in [0.5, 0.6) is 0 Å². The second kappa shape index (κ2) is 4.33. The number of benzene rings is 1. The maximum Gasteiger partial charge on any atom is 0.239 e. The molecule has 1 aliphatic rings. The highest BCUT2D eigenvalue weighted by molar-refractivity contribution is 9.10. The van der Waals surface area contributed by atoms with Gasteiger partial charge in [0.05, 0.1) is 17.8 Å². The lowest BCUT2D eigenvalue weighted by atomic mass is 9.98. The van der Waals surface area contributed by atoms with E-state index >= 15 is 0 Å². The zero-order valence-corrected chi connectivity index (χ0v) is 12.0. The largest absolute Gasteiger partial charge is 0.354 e. The normalized spacial score (nSPS) is 19.1. The van der Waals surface area contributed by atoms with Crippen molar-refractivity contribution in [1.82, 2.24) is 5.32 Å². The highest BCUT2D eigenvalue weighted by Gasteiger charge is 2.34. The average molecular weight is 297 g/mol. The highest BCUT2D eigenvalue weighted by Crippen LogP contribution is 2.32. The molecule has 0 bridgehead atoms. The fraction of sp³-hybridized carbons (Fsp3) is 0.462. The van der Waals surface area contributed by atoms with E-state index in [-0.39, 0.29) is 11.4 Å². The van der Waals surface area contributed by atoms with Crippen LogP contribution in [0.4, 0.5) is 5.69 Å². The van der Waals surface area contributed by atoms with Crippen LogP contribution in [0.25, 0.3) is 0 Å². The van der Waals surface area contributed by atoms with Crippen molar-refractivity contribution < 1.29 is 4.79 Å². The van der Waals surface area contributed by atoms with Crippen LogP contribution in [-0.2, 0) is 4.79 Å². The molecule has 1 heterocycles. The first kappa shape index (κ1) is 12.4. The zero-order chi connectivity index (χ0) is 12.6. The third kappa shape index (κ3) is 2.46. The van der Waals surface area contributed by atoms with Gasteiger partial charge in [0.1, 0.15) is 0 Å². The molecule has 4 heteroatoms. The van der Waals surface area contributed by atoms with E-state index in [1.54, 1.807) is 0 Å². The standard InChI is InChI=1S/C13H17BrN2O/c1-9-4-5-11(10(14)6-9)16-7-12(17)15-8-13(16,2)3/h4-6H,7-8H2,1-3H3,(H,15,17). The minimum Gasteiger partial charge on any atom is -0.354 e. The van der Waals surface area contributed by atoms with Crippen molar-refractivity contribution >= 4 is 27.5 Å². The molecule has 1 saturated heterocycles. The summed E-state index contributed by atoms with van der Waals surface area (Å²) in [7, 11) is 0. The average Bonchev–Trinajstić information content (AvgIpc) is 2.23. The van der Waals surface area contributed by atoms with E-state index in [1.165, 1.54) is 5.56 Å². The van der Waals surface area contributed by atoms with Gasteiger partial charge in [-0.15, -0.1) is 0 Å². The summed E-state index contributed by atoms with van der Waals surface area (Å²) in [5.41, 5.74) is 2.22. The highest BCUT2D eigenvalue weighted by atomic mass is 79.9. The lowest BCUT2D eigenvalue weighted by molar-refractivity contribution is -0.121. The molecule has 1 aliphatic heterocycles. The number of rotatable bonds is 1. The van der Waals surface area contributed by atoms with E-state index < -0.39 is 0 Å². The number of hydrogen-bond donors (Lipinski definition) is 1. The van der Waals surface area contributed by atoms with Gasteiger partial charge in [-0.1, -0.05) is 6.07 Å². The number of nitrogens with one attached hydrogen (secondary N) is 1. The molecule has 0 unspecified atom stereocenters. The van der Waals surface area contributed by atoms with Crippen molar-refractivity contribution in [2.75, 3.05) is 18.0 Å². The minimum absolute atomic E-state index is 0.0638. The summed E-state index contributed by atoms with van der Waals surface area (Å²) in [6.07, 6.45) is 0. The Kier molecular flexibility index (Phi) is 3.17. The number of aryl methyl sites for hydroxylation is 1. The van der Waals surface area contributed by atoms with Gasteiger partial charge in [0.15, 0.2) is 0 Å². The molecule has 2 rings (SSSR count). The number of carbonyl (C=O) groups excluding carboxylic acids is 1. The Morgan fingerprint density at radius 3 is 2.76 bits per heavy atom. The number of anilines is 1. The van der Waals surface area contributed by atoms with Gasteiger partial charge in [-0.05, 0) is 54.4 Å². The smallest absolute Gasteiger partial charge is 0.239 e. The molecule has 0 spiro atoms. The van der Waals surface area contributed by atoms with Crippen molar-refractivity contribution in [2.45, 2.75) is 26.3 Å². The molecular weight excluding hydrogens is 280 g/mol. The van der Waals surface area contributed by atoms with Crippen molar-refractivity contribution in [2.24, 2.45) is 0 Å². The molecule has 92 valence electrons. The molecule has 1 N–H and O–H groups in total. The van der Waals surface area contributed by atoms with Crippen LogP contribution in [0.2, 0.25) is 0 Å². The molecule has 3 nitrogen and oxygen atoms in total. The van der Waals surface area contributed by atoms with Crippen LogP contribution in [-0.4, -0.2) is 24.5 Å². The van der Waals surface area contributed by atoms with Crippen molar-refractivity contribution in [3.05, 3.63) is 28.2 Å². The van der Waals surface area contributed by atoms with Gasteiger partial charge >= 0.3 is 0 Å². The fourth-order valence-electron chi connectivity index (χ4n) is 2.07. The number of carbonyl (C=O) groups is 1. The van der Waals surface area contributed by atoms with Gasteiger partial charge in [0, 0.05) is 11.0 Å². The topological polar surface area (TPSA) is 32.3 Å². The Morgan fingerprint density at radius 2 is 2.12 bits per heavy atom.